The highest BCUT2D eigenvalue weighted by molar-refractivity contribution is 6.05. The minimum absolute atomic E-state index is 0.157. The highest BCUT2D eigenvalue weighted by Gasteiger charge is 2.14. The van der Waals surface area contributed by atoms with E-state index in [1.54, 1.807) is 42.5 Å². The minimum Gasteiger partial charge on any atom is -0.456 e. The van der Waals surface area contributed by atoms with Gasteiger partial charge in [-0.15, -0.1) is 0 Å². The molecule has 0 bridgehead atoms. The summed E-state index contributed by atoms with van der Waals surface area (Å²) in [7, 11) is 0. The Labute approximate surface area is 305 Å². The van der Waals surface area contributed by atoms with Gasteiger partial charge < -0.3 is 4.42 Å². The number of benzene rings is 7. The van der Waals surface area contributed by atoms with Gasteiger partial charge in [0.25, 0.3) is 0 Å². The van der Waals surface area contributed by atoms with Crippen LogP contribution in [0.3, 0.4) is 0 Å². The third kappa shape index (κ3) is 5.56. The summed E-state index contributed by atoms with van der Waals surface area (Å²) in [5.41, 5.74) is -0.410. The van der Waals surface area contributed by atoms with Gasteiger partial charge in [-0.1, -0.05) is 151 Å². The molecule has 0 N–H and O–H groups in total. The van der Waals surface area contributed by atoms with Crippen molar-refractivity contribution in [3.63, 3.8) is 0 Å². The molecule has 0 fully saturated rings. The molecule has 7 aromatic carbocycles. The zero-order valence-electron chi connectivity index (χ0n) is 40.3. The van der Waals surface area contributed by atoms with Crippen LogP contribution in [0.1, 0.15) is 20.6 Å². The maximum Gasteiger partial charge on any atom is 0.164 e. The van der Waals surface area contributed by atoms with Crippen LogP contribution in [0.25, 0.3) is 89.5 Å². The molecule has 4 nitrogen and oxygen atoms in total. The quantitative estimate of drug-likeness (QED) is 0.181. The zero-order chi connectivity index (χ0) is 45.6. The number of furan rings is 1. The summed E-state index contributed by atoms with van der Waals surface area (Å²) in [6.07, 6.45) is 0. The fraction of sp³-hybridized carbons (Fsp3) is 0. The molecule has 230 valence electrons. The standard InChI is InChI=1S/C45H29N3O/c1-3-10-30(11-4-1)31-22-24-35(25-23-31)44-46-43(34-12-5-2-6-13-34)47-45(48-44)38-15-9-14-36(28-38)32-18-20-33(21-19-32)37-26-27-40-39-16-7-8-17-41(39)49-42(40)29-37/h1-29H/i7D,8D,9D,14D,15D,16D,17D,18D,19D,20D,21D,26D,27D,28D,29D. The first kappa shape index (κ1) is 17.0. The van der Waals surface area contributed by atoms with Gasteiger partial charge in [0, 0.05) is 27.5 Å². The summed E-state index contributed by atoms with van der Waals surface area (Å²) >= 11 is 0. The smallest absolute Gasteiger partial charge is 0.164 e. The van der Waals surface area contributed by atoms with Gasteiger partial charge in [0.1, 0.15) is 11.2 Å². The molecule has 0 radical (unpaired) electrons. The fourth-order valence-corrected chi connectivity index (χ4v) is 5.34. The second-order valence-corrected chi connectivity index (χ2v) is 10.9. The van der Waals surface area contributed by atoms with Crippen LogP contribution in [0.2, 0.25) is 0 Å². The van der Waals surface area contributed by atoms with E-state index in [2.05, 4.69) is 9.97 Å². The molecular weight excluding hydrogens is 599 g/mol. The predicted octanol–water partition coefficient (Wildman–Crippen LogP) is 11.8. The van der Waals surface area contributed by atoms with Gasteiger partial charge in [0.05, 0.1) is 20.6 Å². The van der Waals surface area contributed by atoms with E-state index in [0.29, 0.717) is 11.1 Å². The average Bonchev–Trinajstić information content (AvgIpc) is 3.72. The van der Waals surface area contributed by atoms with Crippen LogP contribution in [-0.4, -0.2) is 15.0 Å². The van der Waals surface area contributed by atoms with Crippen molar-refractivity contribution in [1.82, 2.24) is 15.0 Å². The van der Waals surface area contributed by atoms with Crippen molar-refractivity contribution < 1.29 is 25.0 Å². The Bertz CT molecular complexity index is 3410. The van der Waals surface area contributed by atoms with E-state index in [9.17, 15) is 4.11 Å². The maximum absolute atomic E-state index is 9.46. The number of hydrogen-bond donors (Lipinski definition) is 0. The molecule has 0 unspecified atom stereocenters. The molecule has 0 saturated heterocycles. The predicted molar refractivity (Wildman–Crippen MR) is 200 cm³/mol. The Kier molecular flexibility index (Phi) is 4.21. The minimum atomic E-state index is -0.827. The lowest BCUT2D eigenvalue weighted by Crippen LogP contribution is -2.00. The summed E-state index contributed by atoms with van der Waals surface area (Å²) in [4.78, 5) is 14.0. The van der Waals surface area contributed by atoms with Crippen molar-refractivity contribution in [2.75, 3.05) is 0 Å². The van der Waals surface area contributed by atoms with Gasteiger partial charge in [0.15, 0.2) is 17.5 Å². The van der Waals surface area contributed by atoms with Crippen molar-refractivity contribution in [2.24, 2.45) is 0 Å². The van der Waals surface area contributed by atoms with Crippen molar-refractivity contribution in [3.8, 4) is 67.5 Å². The Morgan fingerprint density at radius 1 is 0.347 bits per heavy atom. The normalized spacial score (nSPS) is 15.6. The van der Waals surface area contributed by atoms with Crippen molar-refractivity contribution in [2.45, 2.75) is 0 Å². The highest BCUT2D eigenvalue weighted by Crippen LogP contribution is 2.34. The summed E-state index contributed by atoms with van der Waals surface area (Å²) < 4.78 is 139. The van der Waals surface area contributed by atoms with E-state index in [-0.39, 0.29) is 39.4 Å². The van der Waals surface area contributed by atoms with Crippen LogP contribution in [0, 0.1) is 0 Å². The lowest BCUT2D eigenvalue weighted by Gasteiger charge is -2.10. The third-order valence-corrected chi connectivity index (χ3v) is 7.78. The van der Waals surface area contributed by atoms with Crippen LogP contribution < -0.4 is 0 Å². The summed E-state index contributed by atoms with van der Waals surface area (Å²) in [6, 6.07) is 15.4. The second-order valence-electron chi connectivity index (χ2n) is 10.9. The van der Waals surface area contributed by atoms with Crippen LogP contribution in [0.15, 0.2) is 180 Å². The molecule has 2 aromatic heterocycles. The number of rotatable bonds is 6. The Morgan fingerprint density at radius 3 is 1.53 bits per heavy atom. The molecule has 2 heterocycles. The number of para-hydroxylation sites is 1. The Hall–Kier alpha value is -6.65. The van der Waals surface area contributed by atoms with Crippen molar-refractivity contribution in [1.29, 1.82) is 0 Å². The van der Waals surface area contributed by atoms with Crippen LogP contribution in [-0.2, 0) is 0 Å². The Morgan fingerprint density at radius 2 is 0.837 bits per heavy atom. The van der Waals surface area contributed by atoms with Crippen molar-refractivity contribution >= 4 is 21.9 Å². The van der Waals surface area contributed by atoms with Crippen LogP contribution in [0.4, 0.5) is 0 Å². The summed E-state index contributed by atoms with van der Waals surface area (Å²) in [5, 5.41) is -0.500. The zero-order valence-corrected chi connectivity index (χ0v) is 25.3. The number of aromatic nitrogens is 3. The highest BCUT2D eigenvalue weighted by atomic mass is 16.3. The molecule has 0 aliphatic rings. The first-order valence-electron chi connectivity index (χ1n) is 22.6. The molecule has 0 aliphatic carbocycles. The maximum atomic E-state index is 9.46. The molecule has 0 saturated carbocycles. The fourth-order valence-electron chi connectivity index (χ4n) is 5.34. The number of hydrogen-bond acceptors (Lipinski definition) is 4. The molecule has 0 atom stereocenters. The average molecular weight is 643 g/mol. The van der Waals surface area contributed by atoms with Gasteiger partial charge >= 0.3 is 0 Å². The number of nitrogens with zero attached hydrogens (tertiary/aromatic N) is 3. The first-order valence-corrected chi connectivity index (χ1v) is 15.1. The first-order chi connectivity index (χ1) is 30.5. The molecule has 4 heteroatoms. The number of fused-ring (bicyclic) bond motifs is 3. The molecule has 9 rings (SSSR count). The van der Waals surface area contributed by atoms with Gasteiger partial charge in [0.2, 0.25) is 0 Å². The van der Waals surface area contributed by atoms with Gasteiger partial charge in [-0.25, -0.2) is 15.0 Å². The van der Waals surface area contributed by atoms with Gasteiger partial charge in [-0.3, -0.25) is 0 Å². The molecule has 0 aliphatic heterocycles. The molecule has 49 heavy (non-hydrogen) atoms. The van der Waals surface area contributed by atoms with E-state index >= 15 is 0 Å². The summed E-state index contributed by atoms with van der Waals surface area (Å²) in [6.45, 7) is 0. The topological polar surface area (TPSA) is 51.8 Å². The van der Waals surface area contributed by atoms with Crippen LogP contribution in [0.5, 0.6) is 0 Å². The van der Waals surface area contributed by atoms with E-state index in [0.717, 1.165) is 11.1 Å². The monoisotopic (exact) mass is 642 g/mol. The van der Waals surface area contributed by atoms with Gasteiger partial charge in [-0.2, -0.15) is 0 Å². The molecular formula is C45H29N3O. The lowest BCUT2D eigenvalue weighted by atomic mass is 9.98. The van der Waals surface area contributed by atoms with Crippen LogP contribution >= 0.6 is 0 Å². The molecule has 9 aromatic rings. The SMILES string of the molecule is [2H]c1c([2H])c(-c2nc(-c3ccccc3)nc(-c3ccc(-c4ccccc4)cc3)n2)c([2H])c(-c2c([2H])c([2H])c(-c3c([2H])c([2H])c4c(oc5c([2H])c([2H])c([2H])c([2H])c54)c3[2H])c([2H])c2[2H])c1[2H]. The molecule has 0 spiro atoms. The largest absolute Gasteiger partial charge is 0.456 e. The lowest BCUT2D eigenvalue weighted by molar-refractivity contribution is 0.669. The van der Waals surface area contributed by atoms with E-state index < -0.39 is 118 Å². The van der Waals surface area contributed by atoms with Gasteiger partial charge in [-0.05, 0) is 57.6 Å². The third-order valence-electron chi connectivity index (χ3n) is 7.78. The summed E-state index contributed by atoms with van der Waals surface area (Å²) in [5.74, 6) is 0.0905. The van der Waals surface area contributed by atoms with Crippen molar-refractivity contribution in [3.05, 3.63) is 176 Å². The van der Waals surface area contributed by atoms with E-state index in [1.165, 1.54) is 0 Å². The Balaban J connectivity index is 1.25. The molecule has 0 amide bonds. The van der Waals surface area contributed by atoms with E-state index in [4.69, 9.17) is 25.9 Å². The van der Waals surface area contributed by atoms with E-state index in [1.807, 2.05) is 42.5 Å². The second kappa shape index (κ2) is 12.2.